The molecular formula is C24H24F6N2O2. The van der Waals surface area contributed by atoms with Crippen LogP contribution in [-0.4, -0.2) is 41.8 Å². The van der Waals surface area contributed by atoms with E-state index in [0.717, 1.165) is 10.5 Å². The third-order valence-electron chi connectivity index (χ3n) is 6.05. The van der Waals surface area contributed by atoms with Crippen LogP contribution >= 0.6 is 0 Å². The lowest BCUT2D eigenvalue weighted by Gasteiger charge is -2.39. The van der Waals surface area contributed by atoms with Crippen LogP contribution in [0.15, 0.2) is 48.5 Å². The van der Waals surface area contributed by atoms with Crippen LogP contribution in [0, 0.1) is 5.92 Å². The van der Waals surface area contributed by atoms with Crippen LogP contribution in [0.5, 0.6) is 0 Å². The molecular weight excluding hydrogens is 462 g/mol. The molecule has 1 aliphatic rings. The van der Waals surface area contributed by atoms with E-state index in [1.165, 1.54) is 14.0 Å². The molecule has 0 bridgehead atoms. The first kappa shape index (κ1) is 25.6. The number of rotatable bonds is 4. The highest BCUT2D eigenvalue weighted by Crippen LogP contribution is 2.37. The minimum absolute atomic E-state index is 0.0637. The van der Waals surface area contributed by atoms with Gasteiger partial charge < -0.3 is 9.80 Å². The summed E-state index contributed by atoms with van der Waals surface area (Å²) in [5, 5.41) is 0. The van der Waals surface area contributed by atoms with Crippen molar-refractivity contribution in [3.63, 3.8) is 0 Å². The van der Waals surface area contributed by atoms with Crippen LogP contribution < -0.4 is 0 Å². The number of carbonyl (C=O) groups is 2. The smallest absolute Gasteiger partial charge is 0.342 e. The van der Waals surface area contributed by atoms with Crippen molar-refractivity contribution < 1.29 is 35.9 Å². The van der Waals surface area contributed by atoms with Crippen molar-refractivity contribution in [2.24, 2.45) is 5.92 Å². The summed E-state index contributed by atoms with van der Waals surface area (Å²) in [5.74, 6) is -1.45. The molecule has 2 atom stereocenters. The van der Waals surface area contributed by atoms with E-state index in [-0.39, 0.29) is 23.5 Å². The van der Waals surface area contributed by atoms with Crippen molar-refractivity contribution >= 4 is 11.8 Å². The van der Waals surface area contributed by atoms with E-state index in [1.54, 1.807) is 17.0 Å². The first-order valence-electron chi connectivity index (χ1n) is 10.6. The molecule has 0 aromatic heterocycles. The Morgan fingerprint density at radius 2 is 1.53 bits per heavy atom. The number of alkyl halides is 6. The summed E-state index contributed by atoms with van der Waals surface area (Å²) in [6.45, 7) is 1.65. The van der Waals surface area contributed by atoms with E-state index in [1.807, 2.05) is 18.2 Å². The lowest BCUT2D eigenvalue weighted by atomic mass is 9.79. The fourth-order valence-electron chi connectivity index (χ4n) is 4.32. The molecule has 2 aromatic carbocycles. The fourth-order valence-corrected chi connectivity index (χ4v) is 4.32. The zero-order chi connectivity index (χ0) is 25.3. The summed E-state index contributed by atoms with van der Waals surface area (Å²) in [6.07, 6.45) is -9.59. The van der Waals surface area contributed by atoms with Gasteiger partial charge in [-0.25, -0.2) is 0 Å². The monoisotopic (exact) mass is 486 g/mol. The van der Waals surface area contributed by atoms with E-state index >= 15 is 0 Å². The van der Waals surface area contributed by atoms with Gasteiger partial charge in [0, 0.05) is 45.4 Å². The van der Waals surface area contributed by atoms with E-state index in [2.05, 4.69) is 0 Å². The van der Waals surface area contributed by atoms with Gasteiger partial charge in [-0.05, 0) is 35.7 Å². The first-order valence-corrected chi connectivity index (χ1v) is 10.6. The molecule has 0 unspecified atom stereocenters. The number of nitrogens with zero attached hydrogens (tertiary/aromatic N) is 2. The Labute approximate surface area is 193 Å². The number of benzene rings is 2. The van der Waals surface area contributed by atoms with Gasteiger partial charge in [0.15, 0.2) is 0 Å². The topological polar surface area (TPSA) is 40.6 Å². The minimum atomic E-state index is -4.96. The number of likely N-dealkylation sites (tertiary alicyclic amines) is 1. The van der Waals surface area contributed by atoms with Crippen molar-refractivity contribution in [1.29, 1.82) is 0 Å². The normalized spacial score (nSPS) is 19.1. The maximum atomic E-state index is 13.3. The van der Waals surface area contributed by atoms with Gasteiger partial charge in [0.1, 0.15) is 0 Å². The maximum Gasteiger partial charge on any atom is 0.416 e. The second-order valence-corrected chi connectivity index (χ2v) is 8.49. The van der Waals surface area contributed by atoms with Gasteiger partial charge >= 0.3 is 12.4 Å². The largest absolute Gasteiger partial charge is 0.416 e. The number of halogens is 6. The first-order chi connectivity index (χ1) is 15.8. The third-order valence-corrected chi connectivity index (χ3v) is 6.05. The molecule has 1 heterocycles. The number of hydrogen-bond donors (Lipinski definition) is 0. The maximum absolute atomic E-state index is 13.3. The van der Waals surface area contributed by atoms with Crippen LogP contribution in [0.25, 0.3) is 0 Å². The molecule has 1 aliphatic heterocycles. The Bertz CT molecular complexity index is 1000. The van der Waals surface area contributed by atoms with Gasteiger partial charge in [0.2, 0.25) is 11.8 Å². The number of carbonyl (C=O) groups excluding carboxylic acids is 2. The molecule has 2 aromatic rings. The van der Waals surface area contributed by atoms with E-state index in [0.29, 0.717) is 31.6 Å². The Balaban J connectivity index is 1.87. The van der Waals surface area contributed by atoms with Gasteiger partial charge in [0.05, 0.1) is 11.1 Å². The molecule has 10 heteroatoms. The Morgan fingerprint density at radius 1 is 0.971 bits per heavy atom. The molecule has 4 nitrogen and oxygen atoms in total. The standard InChI is InChI=1S/C24H24F6N2O2/c1-15(33)32-9-8-20(21(14-32)17-6-4-3-5-7-17)22(34)31(2)13-16-10-18(23(25,26)27)12-19(11-16)24(28,29)30/h3-7,10-12,20-21H,8-9,13-14H2,1-2H3/t20-,21-/m0/s1. The fraction of sp³-hybridized carbons (Fsp3) is 0.417. The molecule has 1 saturated heterocycles. The highest BCUT2D eigenvalue weighted by atomic mass is 19.4. The van der Waals surface area contributed by atoms with E-state index in [9.17, 15) is 35.9 Å². The molecule has 2 amide bonds. The lowest BCUT2D eigenvalue weighted by molar-refractivity contribution is -0.143. The summed E-state index contributed by atoms with van der Waals surface area (Å²) in [6, 6.07) is 10.4. The highest BCUT2D eigenvalue weighted by Gasteiger charge is 2.39. The SMILES string of the molecule is CC(=O)N1CC[C@H](C(=O)N(C)Cc2cc(C(F)(F)F)cc(C(F)(F)F)c2)[C@H](c2ccccc2)C1. The minimum Gasteiger partial charge on any atom is -0.342 e. The third kappa shape index (κ3) is 5.90. The molecule has 0 aliphatic carbocycles. The Hall–Kier alpha value is -3.04. The van der Waals surface area contributed by atoms with Crippen molar-refractivity contribution in [2.45, 2.75) is 38.2 Å². The van der Waals surface area contributed by atoms with Gasteiger partial charge in [-0.15, -0.1) is 0 Å². The van der Waals surface area contributed by atoms with E-state index < -0.39 is 41.8 Å². The van der Waals surface area contributed by atoms with Crippen LogP contribution in [0.1, 0.15) is 41.5 Å². The average molecular weight is 486 g/mol. The molecule has 3 rings (SSSR count). The Morgan fingerprint density at radius 3 is 2.03 bits per heavy atom. The average Bonchev–Trinajstić information content (AvgIpc) is 2.77. The van der Waals surface area contributed by atoms with Crippen LogP contribution in [0.2, 0.25) is 0 Å². The molecule has 0 spiro atoms. The molecule has 184 valence electrons. The summed E-state index contributed by atoms with van der Waals surface area (Å²) in [4.78, 5) is 28.0. The Kier molecular flexibility index (Phi) is 7.28. The molecule has 0 N–H and O–H groups in total. The zero-order valence-electron chi connectivity index (χ0n) is 18.6. The molecule has 34 heavy (non-hydrogen) atoms. The van der Waals surface area contributed by atoms with Crippen molar-refractivity contribution in [1.82, 2.24) is 9.80 Å². The van der Waals surface area contributed by atoms with Crippen LogP contribution in [0.4, 0.5) is 26.3 Å². The second-order valence-electron chi connectivity index (χ2n) is 8.49. The van der Waals surface area contributed by atoms with Gasteiger partial charge in [-0.2, -0.15) is 26.3 Å². The number of piperidine rings is 1. The lowest BCUT2D eigenvalue weighted by Crippen LogP contribution is -2.47. The van der Waals surface area contributed by atoms with Crippen molar-refractivity contribution in [2.75, 3.05) is 20.1 Å². The van der Waals surface area contributed by atoms with Crippen LogP contribution in [0.3, 0.4) is 0 Å². The van der Waals surface area contributed by atoms with E-state index in [4.69, 9.17) is 0 Å². The zero-order valence-corrected chi connectivity index (χ0v) is 18.6. The van der Waals surface area contributed by atoms with Crippen molar-refractivity contribution in [3.05, 3.63) is 70.8 Å². The highest BCUT2D eigenvalue weighted by molar-refractivity contribution is 5.81. The predicted octanol–water partition coefficient (Wildman–Crippen LogP) is 5.33. The molecule has 0 saturated carbocycles. The second kappa shape index (κ2) is 9.68. The quantitative estimate of drug-likeness (QED) is 0.548. The molecule has 1 fully saturated rings. The number of amides is 2. The summed E-state index contributed by atoms with van der Waals surface area (Å²) >= 11 is 0. The number of hydrogen-bond acceptors (Lipinski definition) is 2. The summed E-state index contributed by atoms with van der Waals surface area (Å²) < 4.78 is 79.1. The van der Waals surface area contributed by atoms with Gasteiger partial charge in [-0.3, -0.25) is 9.59 Å². The predicted molar refractivity (Wildman–Crippen MR) is 112 cm³/mol. The van der Waals surface area contributed by atoms with Gasteiger partial charge in [-0.1, -0.05) is 30.3 Å². The van der Waals surface area contributed by atoms with Crippen LogP contribution in [-0.2, 0) is 28.5 Å². The summed E-state index contributed by atoms with van der Waals surface area (Å²) in [5.41, 5.74) is -2.28. The summed E-state index contributed by atoms with van der Waals surface area (Å²) in [7, 11) is 1.36. The van der Waals surface area contributed by atoms with Gasteiger partial charge in [0.25, 0.3) is 0 Å². The molecule has 0 radical (unpaired) electrons. The van der Waals surface area contributed by atoms with Crippen molar-refractivity contribution in [3.8, 4) is 0 Å².